The van der Waals surface area contributed by atoms with Crippen LogP contribution in [0, 0.1) is 0 Å². The summed E-state index contributed by atoms with van der Waals surface area (Å²) >= 11 is 0. The summed E-state index contributed by atoms with van der Waals surface area (Å²) in [6.07, 6.45) is 4.00. The number of carbonyl (C=O) groups excluding carboxylic acids is 1. The van der Waals surface area contributed by atoms with Crippen LogP contribution in [0.3, 0.4) is 0 Å². The lowest BCUT2D eigenvalue weighted by Gasteiger charge is -2.06. The molecular formula is C18H10N2O5. The Morgan fingerprint density at radius 3 is 2.56 bits per heavy atom. The van der Waals surface area contributed by atoms with Crippen molar-refractivity contribution in [1.29, 1.82) is 0 Å². The number of nitrogens with zero attached hydrogens (tertiary/aromatic N) is 2. The van der Waals surface area contributed by atoms with Crippen molar-refractivity contribution in [3.63, 3.8) is 0 Å². The van der Waals surface area contributed by atoms with E-state index in [-0.39, 0.29) is 28.0 Å². The van der Waals surface area contributed by atoms with Gasteiger partial charge in [0.2, 0.25) is 0 Å². The van der Waals surface area contributed by atoms with Crippen molar-refractivity contribution in [3.8, 4) is 11.5 Å². The highest BCUT2D eigenvalue weighted by molar-refractivity contribution is 6.05. The molecule has 1 N–H and O–H groups in total. The average molecular weight is 334 g/mol. The fourth-order valence-electron chi connectivity index (χ4n) is 2.53. The maximum absolute atomic E-state index is 12.1. The molecule has 2 aromatic carbocycles. The first kappa shape index (κ1) is 14.8. The molecule has 25 heavy (non-hydrogen) atoms. The van der Waals surface area contributed by atoms with Gasteiger partial charge in [0, 0.05) is 29.2 Å². The number of hydrogen-bond acceptors (Lipinski definition) is 7. The first-order valence-corrected chi connectivity index (χ1v) is 7.28. The molecule has 0 bridgehead atoms. The van der Waals surface area contributed by atoms with Gasteiger partial charge in [-0.05, 0) is 30.3 Å². The van der Waals surface area contributed by atoms with Crippen LogP contribution >= 0.6 is 0 Å². The Hall–Kier alpha value is -3.74. The van der Waals surface area contributed by atoms with Gasteiger partial charge in [-0.3, -0.25) is 0 Å². The smallest absolute Gasteiger partial charge is 0.346 e. The van der Waals surface area contributed by atoms with Crippen LogP contribution in [0.1, 0.15) is 10.4 Å². The monoisotopic (exact) mass is 334 g/mol. The molecule has 4 rings (SSSR count). The van der Waals surface area contributed by atoms with Crippen LogP contribution in [0.4, 0.5) is 0 Å². The maximum atomic E-state index is 12.1. The molecule has 0 unspecified atom stereocenters. The maximum Gasteiger partial charge on any atom is 0.346 e. The third kappa shape index (κ3) is 2.67. The molecule has 0 radical (unpaired) electrons. The number of phenols is 1. The van der Waals surface area contributed by atoms with E-state index >= 15 is 0 Å². The molecule has 2 aromatic heterocycles. The molecule has 0 saturated heterocycles. The van der Waals surface area contributed by atoms with E-state index in [2.05, 4.69) is 9.97 Å². The molecule has 4 aromatic rings. The summed E-state index contributed by atoms with van der Waals surface area (Å²) in [6.45, 7) is 0. The number of phenolic OH excluding ortho intramolecular Hbond substituents is 1. The highest BCUT2D eigenvalue weighted by Gasteiger charge is 2.12. The van der Waals surface area contributed by atoms with E-state index in [4.69, 9.17) is 9.15 Å². The summed E-state index contributed by atoms with van der Waals surface area (Å²) in [5.74, 6) is -0.412. The van der Waals surface area contributed by atoms with Gasteiger partial charge in [-0.15, -0.1) is 0 Å². The molecule has 0 aliphatic carbocycles. The third-order valence-electron chi connectivity index (χ3n) is 3.68. The quantitative estimate of drug-likeness (QED) is 0.260. The van der Waals surface area contributed by atoms with Crippen molar-refractivity contribution < 1.29 is 19.1 Å². The van der Waals surface area contributed by atoms with Crippen LogP contribution in [0.5, 0.6) is 11.5 Å². The Morgan fingerprint density at radius 1 is 1.00 bits per heavy atom. The Bertz CT molecular complexity index is 1170. The third-order valence-corrected chi connectivity index (χ3v) is 3.68. The summed E-state index contributed by atoms with van der Waals surface area (Å²) in [5.41, 5.74) is -0.103. The molecule has 7 heteroatoms. The zero-order valence-corrected chi connectivity index (χ0v) is 12.7. The van der Waals surface area contributed by atoms with Crippen LogP contribution in [-0.2, 0) is 0 Å². The van der Waals surface area contributed by atoms with Gasteiger partial charge in [0.25, 0.3) is 0 Å². The average Bonchev–Trinajstić information content (AvgIpc) is 2.62. The Balaban J connectivity index is 1.78. The van der Waals surface area contributed by atoms with Crippen LogP contribution in [-0.4, -0.2) is 21.0 Å². The lowest BCUT2D eigenvalue weighted by molar-refractivity contribution is 0.0734. The molecule has 0 aliphatic heterocycles. The summed E-state index contributed by atoms with van der Waals surface area (Å²) < 4.78 is 10.5. The number of fused-ring (bicyclic) bond motifs is 3. The number of hydrogen-bond donors (Lipinski definition) is 1. The number of carbonyl (C=O) groups is 1. The van der Waals surface area contributed by atoms with E-state index in [1.165, 1.54) is 36.9 Å². The Labute approximate surface area is 140 Å². The minimum atomic E-state index is -0.618. The van der Waals surface area contributed by atoms with Crippen molar-refractivity contribution in [1.82, 2.24) is 9.97 Å². The van der Waals surface area contributed by atoms with E-state index in [1.807, 2.05) is 0 Å². The fraction of sp³-hybridized carbons (Fsp3) is 0. The lowest BCUT2D eigenvalue weighted by atomic mass is 10.1. The topological polar surface area (TPSA) is 103 Å². The van der Waals surface area contributed by atoms with Gasteiger partial charge in [-0.25, -0.2) is 19.6 Å². The van der Waals surface area contributed by atoms with E-state index in [9.17, 15) is 14.7 Å². The van der Waals surface area contributed by atoms with Gasteiger partial charge in [-0.2, -0.15) is 0 Å². The van der Waals surface area contributed by atoms with E-state index < -0.39 is 11.6 Å². The summed E-state index contributed by atoms with van der Waals surface area (Å²) in [4.78, 5) is 31.7. The molecule has 0 spiro atoms. The number of ether oxygens (including phenoxy) is 1. The van der Waals surface area contributed by atoms with Crippen molar-refractivity contribution in [3.05, 3.63) is 71.1 Å². The minimum Gasteiger partial charge on any atom is -0.508 e. The summed E-state index contributed by atoms with van der Waals surface area (Å²) in [6, 6.07) is 9.22. The second kappa shape index (κ2) is 5.72. The molecule has 0 amide bonds. The first-order chi connectivity index (χ1) is 12.1. The molecule has 0 aliphatic rings. The number of benzene rings is 2. The number of rotatable bonds is 2. The highest BCUT2D eigenvalue weighted by Crippen LogP contribution is 2.28. The number of esters is 1. The fourth-order valence-corrected chi connectivity index (χ4v) is 2.53. The van der Waals surface area contributed by atoms with Gasteiger partial charge >= 0.3 is 11.6 Å². The molecule has 0 fully saturated rings. The van der Waals surface area contributed by atoms with E-state index in [0.717, 1.165) is 0 Å². The molecule has 0 atom stereocenters. The van der Waals surface area contributed by atoms with Crippen molar-refractivity contribution in [2.45, 2.75) is 0 Å². The second-order valence-corrected chi connectivity index (χ2v) is 5.29. The van der Waals surface area contributed by atoms with E-state index in [0.29, 0.717) is 10.8 Å². The summed E-state index contributed by atoms with van der Waals surface area (Å²) in [5, 5.41) is 11.1. The van der Waals surface area contributed by atoms with Crippen LogP contribution in [0.15, 0.2) is 64.3 Å². The van der Waals surface area contributed by atoms with Gasteiger partial charge in [0.15, 0.2) is 0 Å². The molecule has 0 saturated carbocycles. The zero-order valence-electron chi connectivity index (χ0n) is 12.7. The number of aromatic hydroxyl groups is 1. The second-order valence-electron chi connectivity index (χ2n) is 5.29. The SMILES string of the molecule is O=C(Oc1ccc2c(c1)oc(=O)c1cc(O)ccc12)c1cncnc1. The predicted molar refractivity (Wildman–Crippen MR) is 88.6 cm³/mol. The molecule has 122 valence electrons. The largest absolute Gasteiger partial charge is 0.508 e. The van der Waals surface area contributed by atoms with Crippen LogP contribution < -0.4 is 10.4 Å². The Morgan fingerprint density at radius 2 is 1.76 bits per heavy atom. The molecule has 7 nitrogen and oxygen atoms in total. The lowest BCUT2D eigenvalue weighted by Crippen LogP contribution is -2.09. The summed E-state index contributed by atoms with van der Waals surface area (Å²) in [7, 11) is 0. The zero-order chi connectivity index (χ0) is 17.4. The predicted octanol–water partition coefficient (Wildman–Crippen LogP) is 2.66. The van der Waals surface area contributed by atoms with Crippen molar-refractivity contribution in [2.24, 2.45) is 0 Å². The first-order valence-electron chi connectivity index (χ1n) is 7.28. The normalized spacial score (nSPS) is 10.9. The van der Waals surface area contributed by atoms with Crippen molar-refractivity contribution >= 4 is 27.7 Å². The van der Waals surface area contributed by atoms with Gasteiger partial charge in [0.1, 0.15) is 23.4 Å². The van der Waals surface area contributed by atoms with Gasteiger partial charge in [-0.1, -0.05) is 0 Å². The van der Waals surface area contributed by atoms with Crippen molar-refractivity contribution in [2.75, 3.05) is 0 Å². The van der Waals surface area contributed by atoms with Gasteiger partial charge < -0.3 is 14.3 Å². The van der Waals surface area contributed by atoms with Crippen LogP contribution in [0.2, 0.25) is 0 Å². The van der Waals surface area contributed by atoms with Crippen LogP contribution in [0.25, 0.3) is 21.7 Å². The highest BCUT2D eigenvalue weighted by atomic mass is 16.5. The Kier molecular flexibility index (Phi) is 3.39. The van der Waals surface area contributed by atoms with Gasteiger partial charge in [0.05, 0.1) is 10.9 Å². The van der Waals surface area contributed by atoms with E-state index in [1.54, 1.807) is 18.2 Å². The molecular weight excluding hydrogens is 324 g/mol. The minimum absolute atomic E-state index is 0.0187. The molecule has 2 heterocycles. The number of aromatic nitrogens is 2. The standard InChI is InChI=1S/C18H10N2O5/c21-11-1-3-13-14-4-2-12(6-16(14)25-18(23)15(13)5-11)24-17(22)10-7-19-9-20-8-10/h1-9,21H.